The number of hydrogen-bond acceptors (Lipinski definition) is 6. The third-order valence-electron chi connectivity index (χ3n) is 3.70. The van der Waals surface area contributed by atoms with Crippen LogP contribution in [0.1, 0.15) is 5.76 Å². The van der Waals surface area contributed by atoms with Crippen LogP contribution in [0.4, 0.5) is 0 Å². The summed E-state index contributed by atoms with van der Waals surface area (Å²) in [7, 11) is 3.01. The van der Waals surface area contributed by atoms with E-state index < -0.39 is 18.1 Å². The molecule has 3 aromatic rings. The molecule has 1 aromatic heterocycles. The van der Waals surface area contributed by atoms with Crippen LogP contribution in [-0.2, 0) is 18.1 Å². The molecular formula is C16H11Cl2NO5S2. The van der Waals surface area contributed by atoms with Crippen molar-refractivity contribution in [2.24, 2.45) is 0 Å². The second-order valence-corrected chi connectivity index (χ2v) is 10.5. The van der Waals surface area contributed by atoms with Crippen molar-refractivity contribution in [2.45, 2.75) is 16.7 Å². The molecule has 0 radical (unpaired) electrons. The van der Waals surface area contributed by atoms with Crippen molar-refractivity contribution in [1.82, 2.24) is 5.16 Å². The number of halogens is 2. The first kappa shape index (κ1) is 18.9. The lowest BCUT2D eigenvalue weighted by atomic mass is 10.00. The van der Waals surface area contributed by atoms with Crippen molar-refractivity contribution < 1.29 is 21.4 Å². The van der Waals surface area contributed by atoms with Gasteiger partial charge in [-0.15, -0.1) is 0 Å². The van der Waals surface area contributed by atoms with E-state index in [2.05, 4.69) is 5.16 Å². The molecule has 0 saturated heterocycles. The van der Waals surface area contributed by atoms with Gasteiger partial charge in [0, 0.05) is 26.9 Å². The van der Waals surface area contributed by atoms with Gasteiger partial charge in [-0.25, -0.2) is 16.8 Å². The molecule has 0 aliphatic rings. The number of aromatic nitrogens is 1. The molecule has 0 bridgehead atoms. The second kappa shape index (κ2) is 6.70. The quantitative estimate of drug-likeness (QED) is 0.575. The molecule has 0 aliphatic heterocycles. The molecule has 10 heteroatoms. The second-order valence-electron chi connectivity index (χ2n) is 5.39. The van der Waals surface area contributed by atoms with E-state index in [4.69, 9.17) is 25.9 Å². The highest BCUT2D eigenvalue weighted by molar-refractivity contribution is 8.14. The summed E-state index contributed by atoms with van der Waals surface area (Å²) in [6, 6.07) is 11.8. The van der Waals surface area contributed by atoms with Crippen LogP contribution in [0.3, 0.4) is 0 Å². The van der Waals surface area contributed by atoms with E-state index >= 15 is 0 Å². The highest BCUT2D eigenvalue weighted by atomic mass is 35.7. The molecule has 0 aliphatic carbocycles. The Bertz CT molecular complexity index is 1170. The van der Waals surface area contributed by atoms with Gasteiger partial charge in [-0.05, 0) is 36.8 Å². The van der Waals surface area contributed by atoms with Crippen LogP contribution < -0.4 is 0 Å². The normalized spacial score (nSPS) is 12.3. The van der Waals surface area contributed by atoms with Crippen LogP contribution in [-0.4, -0.2) is 22.0 Å². The van der Waals surface area contributed by atoms with Gasteiger partial charge < -0.3 is 4.52 Å². The number of benzene rings is 2. The predicted octanol–water partition coefficient (Wildman–Crippen LogP) is 4.17. The Morgan fingerprint density at radius 1 is 0.769 bits per heavy atom. The van der Waals surface area contributed by atoms with Crippen LogP contribution in [0, 0.1) is 6.92 Å². The number of hydrogen-bond donors (Lipinski definition) is 0. The lowest BCUT2D eigenvalue weighted by Crippen LogP contribution is -1.92. The average molecular weight is 432 g/mol. The van der Waals surface area contributed by atoms with Gasteiger partial charge in [0.2, 0.25) is 0 Å². The monoisotopic (exact) mass is 431 g/mol. The average Bonchev–Trinajstić information content (AvgIpc) is 2.95. The summed E-state index contributed by atoms with van der Waals surface area (Å²) in [5.41, 5.74) is 2.44. The Kier molecular flexibility index (Phi) is 4.87. The molecule has 0 unspecified atom stereocenters. The minimum Gasteiger partial charge on any atom is -0.360 e. The van der Waals surface area contributed by atoms with E-state index in [1.54, 1.807) is 31.2 Å². The molecule has 0 fully saturated rings. The summed E-state index contributed by atoms with van der Waals surface area (Å²) in [5, 5.41) is 4.02. The van der Waals surface area contributed by atoms with Gasteiger partial charge in [-0.1, -0.05) is 29.4 Å². The van der Waals surface area contributed by atoms with Gasteiger partial charge in [-0.3, -0.25) is 0 Å². The van der Waals surface area contributed by atoms with Gasteiger partial charge in [0.1, 0.15) is 11.5 Å². The van der Waals surface area contributed by atoms with Crippen LogP contribution in [0.2, 0.25) is 0 Å². The summed E-state index contributed by atoms with van der Waals surface area (Å²) in [6.45, 7) is 1.72. The van der Waals surface area contributed by atoms with Crippen molar-refractivity contribution in [2.75, 3.05) is 0 Å². The maximum Gasteiger partial charge on any atom is 0.261 e. The minimum atomic E-state index is -3.82. The van der Waals surface area contributed by atoms with Crippen molar-refractivity contribution in [3.05, 3.63) is 54.3 Å². The summed E-state index contributed by atoms with van der Waals surface area (Å²) in [5.74, 6) is 0.524. The van der Waals surface area contributed by atoms with Crippen molar-refractivity contribution in [1.29, 1.82) is 0 Å². The van der Waals surface area contributed by atoms with E-state index in [-0.39, 0.29) is 9.79 Å². The Morgan fingerprint density at radius 2 is 1.19 bits per heavy atom. The molecule has 0 N–H and O–H groups in total. The lowest BCUT2D eigenvalue weighted by Gasteiger charge is -2.05. The highest BCUT2D eigenvalue weighted by Crippen LogP contribution is 2.35. The molecule has 26 heavy (non-hydrogen) atoms. The van der Waals surface area contributed by atoms with E-state index in [1.165, 1.54) is 24.3 Å². The zero-order chi connectivity index (χ0) is 19.1. The summed E-state index contributed by atoms with van der Waals surface area (Å²) in [4.78, 5) is -0.0448. The largest absolute Gasteiger partial charge is 0.360 e. The zero-order valence-electron chi connectivity index (χ0n) is 13.2. The molecule has 0 amide bonds. The summed E-state index contributed by atoms with van der Waals surface area (Å²) >= 11 is 0. The van der Waals surface area contributed by atoms with Crippen LogP contribution in [0.15, 0.2) is 62.8 Å². The molecule has 6 nitrogen and oxygen atoms in total. The third-order valence-corrected chi connectivity index (χ3v) is 6.44. The Balaban J connectivity index is 2.07. The maximum absolute atomic E-state index is 11.4. The first-order valence-electron chi connectivity index (χ1n) is 7.14. The molecular weight excluding hydrogens is 421 g/mol. The first-order valence-corrected chi connectivity index (χ1v) is 11.8. The van der Waals surface area contributed by atoms with Gasteiger partial charge in [0.15, 0.2) is 0 Å². The van der Waals surface area contributed by atoms with Gasteiger partial charge in [0.25, 0.3) is 18.1 Å². The van der Waals surface area contributed by atoms with Crippen LogP contribution in [0.25, 0.3) is 22.4 Å². The molecule has 0 atom stereocenters. The molecule has 0 spiro atoms. The standard InChI is InChI=1S/C16H11Cl2NO5S2/c1-10-15(11-2-6-13(7-3-11)25(17,20)21)16(19-24-10)12-4-8-14(9-5-12)26(18,22)23/h2-9H,1H3. The van der Waals surface area contributed by atoms with Crippen molar-refractivity contribution in [3.8, 4) is 22.4 Å². The number of aryl methyl sites for hydroxylation is 1. The fourth-order valence-corrected chi connectivity index (χ4v) is 4.01. The molecule has 2 aromatic carbocycles. The Labute approximate surface area is 159 Å². The van der Waals surface area contributed by atoms with Crippen molar-refractivity contribution in [3.63, 3.8) is 0 Å². The van der Waals surface area contributed by atoms with E-state index in [9.17, 15) is 16.8 Å². The van der Waals surface area contributed by atoms with Crippen LogP contribution in [0.5, 0.6) is 0 Å². The van der Waals surface area contributed by atoms with Crippen LogP contribution >= 0.6 is 21.4 Å². The lowest BCUT2D eigenvalue weighted by molar-refractivity contribution is 0.400. The topological polar surface area (TPSA) is 94.3 Å². The molecule has 0 saturated carbocycles. The van der Waals surface area contributed by atoms with E-state index in [0.717, 1.165) is 0 Å². The van der Waals surface area contributed by atoms with Gasteiger partial charge >= 0.3 is 0 Å². The number of rotatable bonds is 4. The van der Waals surface area contributed by atoms with Crippen molar-refractivity contribution >= 4 is 39.5 Å². The predicted molar refractivity (Wildman–Crippen MR) is 98.2 cm³/mol. The molecule has 1 heterocycles. The minimum absolute atomic E-state index is 0.0183. The third kappa shape index (κ3) is 3.78. The smallest absolute Gasteiger partial charge is 0.261 e. The summed E-state index contributed by atoms with van der Waals surface area (Å²) in [6.07, 6.45) is 0. The van der Waals surface area contributed by atoms with E-state index in [0.29, 0.717) is 28.1 Å². The van der Waals surface area contributed by atoms with Gasteiger partial charge in [-0.2, -0.15) is 0 Å². The Hall–Kier alpha value is -1.87. The fraction of sp³-hybridized carbons (Fsp3) is 0.0625. The zero-order valence-corrected chi connectivity index (χ0v) is 16.3. The van der Waals surface area contributed by atoms with Gasteiger partial charge in [0.05, 0.1) is 15.4 Å². The molecule has 136 valence electrons. The Morgan fingerprint density at radius 3 is 1.62 bits per heavy atom. The fourth-order valence-electron chi connectivity index (χ4n) is 2.47. The van der Waals surface area contributed by atoms with E-state index in [1.807, 2.05) is 0 Å². The maximum atomic E-state index is 11.4. The number of nitrogens with zero attached hydrogens (tertiary/aromatic N) is 1. The molecule has 3 rings (SSSR count). The highest BCUT2D eigenvalue weighted by Gasteiger charge is 2.19. The SMILES string of the molecule is Cc1onc(-c2ccc(S(=O)(=O)Cl)cc2)c1-c1ccc(S(=O)(=O)Cl)cc1. The summed E-state index contributed by atoms with van der Waals surface area (Å²) < 4.78 is 50.7. The first-order chi connectivity index (χ1) is 12.1.